The molecule has 10 nitrogen and oxygen atoms in total. The van der Waals surface area contributed by atoms with Crippen LogP contribution in [0.4, 0.5) is 10.5 Å². The van der Waals surface area contributed by atoms with Gasteiger partial charge in [0.25, 0.3) is 0 Å². The van der Waals surface area contributed by atoms with Gasteiger partial charge in [-0.05, 0) is 37.3 Å². The lowest BCUT2D eigenvalue weighted by atomic mass is 10.1. The second-order valence-corrected chi connectivity index (χ2v) is 6.70. The predicted octanol–water partition coefficient (Wildman–Crippen LogP) is 3.74. The first kappa shape index (κ1) is 21.5. The summed E-state index contributed by atoms with van der Waals surface area (Å²) in [6.45, 7) is 1.77. The quantitative estimate of drug-likeness (QED) is 0.438. The number of benzene rings is 1. The molecule has 2 N–H and O–H groups in total. The number of carbonyl (C=O) groups is 2. The molecule has 0 aliphatic carbocycles. The highest BCUT2D eigenvalue weighted by Gasteiger charge is 2.18. The first-order valence-corrected chi connectivity index (χ1v) is 9.78. The third-order valence-corrected chi connectivity index (χ3v) is 4.43. The minimum absolute atomic E-state index is 0.0347. The van der Waals surface area contributed by atoms with Crippen molar-refractivity contribution >= 4 is 28.7 Å². The van der Waals surface area contributed by atoms with Crippen LogP contribution < -0.4 is 15.5 Å². The Morgan fingerprint density at radius 1 is 1.15 bits per heavy atom. The van der Waals surface area contributed by atoms with Crippen LogP contribution in [0, 0.1) is 0 Å². The van der Waals surface area contributed by atoms with Crippen molar-refractivity contribution < 1.29 is 28.6 Å². The van der Waals surface area contributed by atoms with E-state index in [1.165, 1.54) is 55.0 Å². The Balaban J connectivity index is 1.75. The molecule has 0 fully saturated rings. The van der Waals surface area contributed by atoms with Gasteiger partial charge in [-0.1, -0.05) is 0 Å². The van der Waals surface area contributed by atoms with Gasteiger partial charge in [0.05, 0.1) is 29.4 Å². The number of anilines is 1. The average Bonchev–Trinajstić information content (AvgIpc) is 2.80. The number of ether oxygens (including phenoxy) is 2. The van der Waals surface area contributed by atoms with Crippen LogP contribution in [0.2, 0.25) is 0 Å². The van der Waals surface area contributed by atoms with Gasteiger partial charge in [-0.25, -0.2) is 14.6 Å². The largest absolute Gasteiger partial charge is 0.508 e. The van der Waals surface area contributed by atoms with Crippen LogP contribution in [0.1, 0.15) is 17.3 Å². The molecule has 0 radical (unpaired) electrons. The topological polar surface area (TPSA) is 141 Å². The normalized spacial score (nSPS) is 10.6. The van der Waals surface area contributed by atoms with Crippen LogP contribution in [-0.2, 0) is 4.74 Å². The van der Waals surface area contributed by atoms with Crippen molar-refractivity contribution in [1.29, 1.82) is 0 Å². The molecule has 1 aromatic carbocycles. The van der Waals surface area contributed by atoms with E-state index in [9.17, 15) is 19.5 Å². The molecule has 3 heterocycles. The second kappa shape index (κ2) is 9.18. The van der Waals surface area contributed by atoms with E-state index >= 15 is 0 Å². The average molecular weight is 447 g/mol. The first-order valence-electron chi connectivity index (χ1n) is 9.78. The monoisotopic (exact) mass is 447 g/mol. The third kappa shape index (κ3) is 4.79. The molecule has 4 rings (SSSR count). The molecule has 4 aromatic rings. The number of esters is 1. The van der Waals surface area contributed by atoms with Crippen LogP contribution in [-0.4, -0.2) is 33.7 Å². The molecule has 0 unspecified atom stereocenters. The van der Waals surface area contributed by atoms with E-state index in [0.29, 0.717) is 0 Å². The van der Waals surface area contributed by atoms with Gasteiger partial charge in [0.2, 0.25) is 0 Å². The smallest absolute Gasteiger partial charge is 0.411 e. The Bertz CT molecular complexity index is 1400. The van der Waals surface area contributed by atoms with Crippen molar-refractivity contribution in [2.45, 2.75) is 6.92 Å². The fourth-order valence-corrected chi connectivity index (χ4v) is 2.98. The minimum atomic E-state index is -0.774. The van der Waals surface area contributed by atoms with E-state index in [1.807, 2.05) is 0 Å². The molecular formula is C23H17N3O7. The SMILES string of the molecule is CCOC(=O)Nc1cc(OC(=O)c2cccnc2)cnc1-c1cc(=O)c2cc(O)ccc2o1. The highest BCUT2D eigenvalue weighted by atomic mass is 16.5. The zero-order valence-corrected chi connectivity index (χ0v) is 17.3. The highest BCUT2D eigenvalue weighted by molar-refractivity contribution is 5.93. The van der Waals surface area contributed by atoms with Gasteiger partial charge in [0, 0.05) is 24.5 Å². The van der Waals surface area contributed by atoms with Crippen LogP contribution >= 0.6 is 0 Å². The van der Waals surface area contributed by atoms with Crippen LogP contribution in [0.3, 0.4) is 0 Å². The molecule has 0 spiro atoms. The van der Waals surface area contributed by atoms with Gasteiger partial charge in [-0.2, -0.15) is 0 Å². The molecular weight excluding hydrogens is 430 g/mol. The summed E-state index contributed by atoms with van der Waals surface area (Å²) in [5.74, 6) is -0.663. The molecule has 0 saturated carbocycles. The standard InChI is InChI=1S/C23H17N3O7/c1-2-31-23(30)26-17-9-15(32-22(29)13-4-3-7-24-11-13)12-25-21(17)20-10-18(28)16-8-14(27)5-6-19(16)33-20/h3-12,27H,2H2,1H3,(H,26,30). The van der Waals surface area contributed by atoms with Crippen LogP contribution in [0.5, 0.6) is 11.5 Å². The lowest BCUT2D eigenvalue weighted by Crippen LogP contribution is -2.15. The lowest BCUT2D eigenvalue weighted by Gasteiger charge is -2.12. The van der Waals surface area contributed by atoms with E-state index < -0.39 is 17.5 Å². The fourth-order valence-electron chi connectivity index (χ4n) is 2.98. The molecule has 1 amide bonds. The number of nitrogens with zero attached hydrogens (tertiary/aromatic N) is 2. The van der Waals surface area contributed by atoms with Crippen molar-refractivity contribution in [1.82, 2.24) is 9.97 Å². The van der Waals surface area contributed by atoms with Crippen molar-refractivity contribution in [2.75, 3.05) is 11.9 Å². The zero-order chi connectivity index (χ0) is 23.4. The van der Waals surface area contributed by atoms with E-state index in [4.69, 9.17) is 13.9 Å². The molecule has 0 saturated heterocycles. The number of phenols is 1. The Hall–Kier alpha value is -4.73. The lowest BCUT2D eigenvalue weighted by molar-refractivity contribution is 0.0734. The Labute approximate surface area is 186 Å². The summed E-state index contributed by atoms with van der Waals surface area (Å²) in [5, 5.41) is 12.3. The number of rotatable bonds is 5. The van der Waals surface area contributed by atoms with Crippen molar-refractivity contribution in [3.05, 3.63) is 76.8 Å². The molecule has 0 aliphatic heterocycles. The van der Waals surface area contributed by atoms with Gasteiger partial charge in [0.1, 0.15) is 17.0 Å². The van der Waals surface area contributed by atoms with Gasteiger partial charge >= 0.3 is 12.1 Å². The number of amides is 1. The summed E-state index contributed by atoms with van der Waals surface area (Å²) in [5.41, 5.74) is 0.220. The summed E-state index contributed by atoms with van der Waals surface area (Å²) in [4.78, 5) is 45.1. The minimum Gasteiger partial charge on any atom is -0.508 e. The van der Waals surface area contributed by atoms with E-state index in [0.717, 1.165) is 0 Å². The Morgan fingerprint density at radius 3 is 2.76 bits per heavy atom. The van der Waals surface area contributed by atoms with Crippen molar-refractivity contribution in [2.24, 2.45) is 0 Å². The second-order valence-electron chi connectivity index (χ2n) is 6.70. The maximum Gasteiger partial charge on any atom is 0.411 e. The first-order chi connectivity index (χ1) is 15.9. The van der Waals surface area contributed by atoms with Crippen molar-refractivity contribution in [3.8, 4) is 23.0 Å². The maximum absolute atomic E-state index is 12.5. The fraction of sp³-hybridized carbons (Fsp3) is 0.0870. The number of aromatic hydroxyl groups is 1. The van der Waals surface area contributed by atoms with E-state index in [2.05, 4.69) is 15.3 Å². The maximum atomic E-state index is 12.5. The van der Waals surface area contributed by atoms with Gasteiger partial charge in [0.15, 0.2) is 16.9 Å². The summed E-state index contributed by atoms with van der Waals surface area (Å²) >= 11 is 0. The molecule has 3 aromatic heterocycles. The summed E-state index contributed by atoms with van der Waals surface area (Å²) in [6, 6.07) is 9.77. The van der Waals surface area contributed by atoms with Gasteiger partial charge in [-0.15, -0.1) is 0 Å². The summed E-state index contributed by atoms with van der Waals surface area (Å²) in [7, 11) is 0. The Morgan fingerprint density at radius 2 is 2.00 bits per heavy atom. The zero-order valence-electron chi connectivity index (χ0n) is 17.3. The number of nitrogens with one attached hydrogen (secondary N) is 1. The third-order valence-electron chi connectivity index (χ3n) is 4.43. The number of fused-ring (bicyclic) bond motifs is 1. The molecule has 0 atom stereocenters. The van der Waals surface area contributed by atoms with E-state index in [-0.39, 0.29) is 51.8 Å². The predicted molar refractivity (Wildman–Crippen MR) is 117 cm³/mol. The molecule has 0 aliphatic rings. The number of phenolic OH excluding ortho intramolecular Hbond substituents is 1. The number of carbonyl (C=O) groups excluding carboxylic acids is 2. The number of aromatic nitrogens is 2. The highest BCUT2D eigenvalue weighted by Crippen LogP contribution is 2.31. The summed E-state index contributed by atoms with van der Waals surface area (Å²) in [6.07, 6.45) is 3.35. The molecule has 33 heavy (non-hydrogen) atoms. The van der Waals surface area contributed by atoms with Gasteiger partial charge < -0.3 is 19.0 Å². The van der Waals surface area contributed by atoms with Crippen LogP contribution in [0.25, 0.3) is 22.4 Å². The van der Waals surface area contributed by atoms with Gasteiger partial charge in [-0.3, -0.25) is 15.1 Å². The summed E-state index contributed by atoms with van der Waals surface area (Å²) < 4.78 is 16.0. The van der Waals surface area contributed by atoms with Crippen molar-refractivity contribution in [3.63, 3.8) is 0 Å². The van der Waals surface area contributed by atoms with E-state index in [1.54, 1.807) is 13.0 Å². The Kier molecular flexibility index (Phi) is 5.98. The molecule has 0 bridgehead atoms. The number of hydrogen-bond acceptors (Lipinski definition) is 9. The van der Waals surface area contributed by atoms with Crippen LogP contribution in [0.15, 0.2) is 70.3 Å². The molecule has 166 valence electrons. The molecule has 10 heteroatoms. The number of pyridine rings is 2. The number of hydrogen-bond donors (Lipinski definition) is 2.